The van der Waals surface area contributed by atoms with Crippen molar-refractivity contribution in [2.45, 2.75) is 31.9 Å². The lowest BCUT2D eigenvalue weighted by Gasteiger charge is -2.24. The van der Waals surface area contributed by atoms with Crippen molar-refractivity contribution in [1.82, 2.24) is 4.90 Å². The van der Waals surface area contributed by atoms with Gasteiger partial charge in [-0.3, -0.25) is 4.79 Å². The van der Waals surface area contributed by atoms with Crippen LogP contribution in [0.3, 0.4) is 0 Å². The highest BCUT2D eigenvalue weighted by Gasteiger charge is 2.32. The van der Waals surface area contributed by atoms with E-state index in [1.54, 1.807) is 17.0 Å². The Labute approximate surface area is 99.9 Å². The highest BCUT2D eigenvalue weighted by atomic mass is 19.1. The lowest BCUT2D eigenvalue weighted by molar-refractivity contribution is -0.130. The molecule has 3 nitrogen and oxygen atoms in total. The largest absolute Gasteiger partial charge is 0.387 e. The summed E-state index contributed by atoms with van der Waals surface area (Å²) in [4.78, 5) is 13.1. The van der Waals surface area contributed by atoms with E-state index >= 15 is 0 Å². The van der Waals surface area contributed by atoms with E-state index in [9.17, 15) is 14.3 Å². The molecule has 0 spiro atoms. The van der Waals surface area contributed by atoms with Crippen LogP contribution in [0.2, 0.25) is 0 Å². The van der Waals surface area contributed by atoms with Crippen molar-refractivity contribution >= 4 is 5.91 Å². The zero-order valence-corrected chi connectivity index (χ0v) is 9.77. The van der Waals surface area contributed by atoms with Gasteiger partial charge in [0.25, 0.3) is 0 Å². The van der Waals surface area contributed by atoms with Gasteiger partial charge in [-0.25, -0.2) is 4.39 Å². The zero-order chi connectivity index (χ0) is 12.4. The second kappa shape index (κ2) is 4.84. The fraction of sp³-hybridized carbons (Fsp3) is 0.462. The molecule has 1 N–H and O–H groups in total. The molecule has 1 atom stereocenters. The SMILES string of the molecule is CC(=O)N(CC(O)c1ccc(F)cc1)C1CC1. The smallest absolute Gasteiger partial charge is 0.219 e. The molecule has 1 aromatic carbocycles. The van der Waals surface area contributed by atoms with Gasteiger partial charge in [-0.2, -0.15) is 0 Å². The predicted octanol–water partition coefficient (Wildman–Crippen LogP) is 1.87. The highest BCUT2D eigenvalue weighted by molar-refractivity contribution is 5.74. The second-order valence-electron chi connectivity index (χ2n) is 4.47. The van der Waals surface area contributed by atoms with Crippen molar-refractivity contribution in [2.24, 2.45) is 0 Å². The van der Waals surface area contributed by atoms with Crippen LogP contribution in [0.25, 0.3) is 0 Å². The Morgan fingerprint density at radius 2 is 2.06 bits per heavy atom. The molecule has 17 heavy (non-hydrogen) atoms. The van der Waals surface area contributed by atoms with Crippen LogP contribution >= 0.6 is 0 Å². The summed E-state index contributed by atoms with van der Waals surface area (Å²) in [6.07, 6.45) is 1.27. The van der Waals surface area contributed by atoms with Gasteiger partial charge in [0.05, 0.1) is 12.6 Å². The number of hydrogen-bond acceptors (Lipinski definition) is 2. The molecule has 4 heteroatoms. The minimum absolute atomic E-state index is 0.0198. The first-order valence-electron chi connectivity index (χ1n) is 5.78. The molecule has 1 aliphatic rings. The topological polar surface area (TPSA) is 40.5 Å². The van der Waals surface area contributed by atoms with Gasteiger partial charge in [-0.15, -0.1) is 0 Å². The Bertz CT molecular complexity index is 400. The number of carbonyl (C=O) groups is 1. The van der Waals surface area contributed by atoms with Gasteiger partial charge in [-0.05, 0) is 30.5 Å². The fourth-order valence-electron chi connectivity index (χ4n) is 1.90. The van der Waals surface area contributed by atoms with E-state index in [0.717, 1.165) is 12.8 Å². The summed E-state index contributed by atoms with van der Waals surface area (Å²) in [6, 6.07) is 6.00. The summed E-state index contributed by atoms with van der Waals surface area (Å²) >= 11 is 0. The summed E-state index contributed by atoms with van der Waals surface area (Å²) in [6.45, 7) is 1.79. The summed E-state index contributed by atoms with van der Waals surface area (Å²) in [7, 11) is 0. The van der Waals surface area contributed by atoms with Gasteiger partial charge in [0.1, 0.15) is 5.82 Å². The van der Waals surface area contributed by atoms with E-state index in [2.05, 4.69) is 0 Å². The first kappa shape index (κ1) is 12.0. The summed E-state index contributed by atoms with van der Waals surface area (Å²) in [5, 5.41) is 9.99. The van der Waals surface area contributed by atoms with Crippen LogP contribution in [0, 0.1) is 5.82 Å². The van der Waals surface area contributed by atoms with Gasteiger partial charge in [-0.1, -0.05) is 12.1 Å². The predicted molar refractivity (Wildman–Crippen MR) is 61.8 cm³/mol. The first-order valence-corrected chi connectivity index (χ1v) is 5.78. The first-order chi connectivity index (χ1) is 8.08. The Balaban J connectivity index is 2.01. The van der Waals surface area contributed by atoms with Gasteiger partial charge < -0.3 is 10.0 Å². The van der Waals surface area contributed by atoms with Gasteiger partial charge in [0.2, 0.25) is 5.91 Å². The van der Waals surface area contributed by atoms with Crippen molar-refractivity contribution in [3.8, 4) is 0 Å². The number of aliphatic hydroxyl groups is 1. The molecular formula is C13H16FNO2. The number of hydrogen-bond donors (Lipinski definition) is 1. The van der Waals surface area contributed by atoms with E-state index in [1.165, 1.54) is 19.1 Å². The van der Waals surface area contributed by atoms with Crippen molar-refractivity contribution in [1.29, 1.82) is 0 Å². The monoisotopic (exact) mass is 237 g/mol. The molecule has 1 unspecified atom stereocenters. The van der Waals surface area contributed by atoms with E-state index in [0.29, 0.717) is 5.56 Å². The Hall–Kier alpha value is -1.42. The van der Waals surface area contributed by atoms with E-state index < -0.39 is 6.10 Å². The van der Waals surface area contributed by atoms with Crippen molar-refractivity contribution in [3.05, 3.63) is 35.6 Å². The lowest BCUT2D eigenvalue weighted by Crippen LogP contribution is -2.34. The van der Waals surface area contributed by atoms with Crippen molar-refractivity contribution in [2.75, 3.05) is 6.54 Å². The number of halogens is 1. The van der Waals surface area contributed by atoms with Gasteiger partial charge >= 0.3 is 0 Å². The van der Waals surface area contributed by atoms with Crippen LogP contribution in [0.5, 0.6) is 0 Å². The summed E-state index contributed by atoms with van der Waals surface area (Å²) in [5.41, 5.74) is 0.637. The Kier molecular flexibility index (Phi) is 3.43. The second-order valence-corrected chi connectivity index (χ2v) is 4.47. The van der Waals surface area contributed by atoms with E-state index in [-0.39, 0.29) is 24.3 Å². The number of nitrogens with zero attached hydrogens (tertiary/aromatic N) is 1. The Morgan fingerprint density at radius 1 is 1.47 bits per heavy atom. The molecule has 92 valence electrons. The van der Waals surface area contributed by atoms with Crippen LogP contribution in [-0.4, -0.2) is 28.5 Å². The number of carbonyl (C=O) groups excluding carboxylic acids is 1. The molecule has 0 saturated heterocycles. The van der Waals surface area contributed by atoms with E-state index in [1.807, 2.05) is 0 Å². The number of benzene rings is 1. The molecule has 2 rings (SSSR count). The van der Waals surface area contributed by atoms with Crippen LogP contribution < -0.4 is 0 Å². The maximum atomic E-state index is 12.7. The minimum atomic E-state index is -0.750. The lowest BCUT2D eigenvalue weighted by atomic mass is 10.1. The van der Waals surface area contributed by atoms with Gasteiger partial charge in [0.15, 0.2) is 0 Å². The molecule has 0 bridgehead atoms. The maximum absolute atomic E-state index is 12.7. The van der Waals surface area contributed by atoms with Crippen LogP contribution in [-0.2, 0) is 4.79 Å². The zero-order valence-electron chi connectivity index (χ0n) is 9.77. The molecule has 1 aliphatic carbocycles. The number of amides is 1. The number of rotatable bonds is 4. The molecule has 0 radical (unpaired) electrons. The molecule has 1 fully saturated rings. The molecular weight excluding hydrogens is 221 g/mol. The summed E-state index contributed by atoms with van der Waals surface area (Å²) < 4.78 is 12.7. The average Bonchev–Trinajstić information content (AvgIpc) is 3.10. The quantitative estimate of drug-likeness (QED) is 0.868. The van der Waals surface area contributed by atoms with Crippen LogP contribution in [0.15, 0.2) is 24.3 Å². The molecule has 0 heterocycles. The van der Waals surface area contributed by atoms with Crippen molar-refractivity contribution in [3.63, 3.8) is 0 Å². The third kappa shape index (κ3) is 3.03. The molecule has 1 aromatic rings. The van der Waals surface area contributed by atoms with E-state index in [4.69, 9.17) is 0 Å². The third-order valence-corrected chi connectivity index (χ3v) is 3.02. The normalized spacial score (nSPS) is 16.6. The molecule has 0 aromatic heterocycles. The van der Waals surface area contributed by atoms with Crippen LogP contribution in [0.1, 0.15) is 31.4 Å². The minimum Gasteiger partial charge on any atom is -0.387 e. The maximum Gasteiger partial charge on any atom is 0.219 e. The molecule has 1 saturated carbocycles. The summed E-state index contributed by atoms with van der Waals surface area (Å²) in [5.74, 6) is -0.347. The molecule has 1 amide bonds. The Morgan fingerprint density at radius 3 is 2.53 bits per heavy atom. The van der Waals surface area contributed by atoms with Gasteiger partial charge in [0, 0.05) is 13.0 Å². The van der Waals surface area contributed by atoms with Crippen LogP contribution in [0.4, 0.5) is 4.39 Å². The third-order valence-electron chi connectivity index (χ3n) is 3.02. The fourth-order valence-corrected chi connectivity index (χ4v) is 1.90. The molecule has 0 aliphatic heterocycles. The average molecular weight is 237 g/mol. The standard InChI is InChI=1S/C13H16FNO2/c1-9(16)15(12-6-7-12)8-13(17)10-2-4-11(14)5-3-10/h2-5,12-13,17H,6-8H2,1H3. The van der Waals surface area contributed by atoms with Crippen molar-refractivity contribution < 1.29 is 14.3 Å². The highest BCUT2D eigenvalue weighted by Crippen LogP contribution is 2.28. The number of aliphatic hydroxyl groups excluding tert-OH is 1.